The normalized spacial score (nSPS) is 17.9. The summed E-state index contributed by atoms with van der Waals surface area (Å²) in [7, 11) is 0. The van der Waals surface area contributed by atoms with Crippen LogP contribution in [-0.4, -0.2) is 26.8 Å². The number of benzene rings is 1. The molecule has 0 radical (unpaired) electrons. The fraction of sp³-hybridized carbons (Fsp3) is 0.318. The molecule has 2 atom stereocenters. The molecular formula is C22H20F5N5O. The van der Waals surface area contributed by atoms with E-state index in [4.69, 9.17) is 0 Å². The number of rotatable bonds is 5. The van der Waals surface area contributed by atoms with Gasteiger partial charge in [0, 0.05) is 12.5 Å². The second-order valence-electron chi connectivity index (χ2n) is 7.70. The summed E-state index contributed by atoms with van der Waals surface area (Å²) >= 11 is 0. The molecule has 3 heterocycles. The minimum atomic E-state index is -4.58. The van der Waals surface area contributed by atoms with E-state index in [9.17, 15) is 26.7 Å². The number of hydrogen-bond acceptors (Lipinski definition) is 4. The van der Waals surface area contributed by atoms with Crippen molar-refractivity contribution in [2.45, 2.75) is 44.6 Å². The van der Waals surface area contributed by atoms with Crippen molar-refractivity contribution < 1.29 is 26.7 Å². The van der Waals surface area contributed by atoms with E-state index in [1.54, 1.807) is 12.1 Å². The first kappa shape index (κ1) is 22.7. The average Bonchev–Trinajstić information content (AvgIpc) is 3.21. The van der Waals surface area contributed by atoms with E-state index < -0.39 is 35.8 Å². The monoisotopic (exact) mass is 465 g/mol. The van der Waals surface area contributed by atoms with Crippen LogP contribution in [0.2, 0.25) is 0 Å². The van der Waals surface area contributed by atoms with Gasteiger partial charge in [-0.2, -0.15) is 18.3 Å². The number of aromatic nitrogens is 3. The topological polar surface area (TPSA) is 71.8 Å². The van der Waals surface area contributed by atoms with Crippen molar-refractivity contribution in [3.63, 3.8) is 0 Å². The minimum absolute atomic E-state index is 0.0850. The molecule has 0 fully saturated rings. The molecule has 174 valence electrons. The number of hydrogen-bond donors (Lipinski definition) is 2. The fourth-order valence-electron chi connectivity index (χ4n) is 3.77. The van der Waals surface area contributed by atoms with E-state index in [1.807, 2.05) is 19.1 Å². The Balaban J connectivity index is 1.60. The third kappa shape index (κ3) is 4.67. The highest BCUT2D eigenvalue weighted by atomic mass is 19.4. The summed E-state index contributed by atoms with van der Waals surface area (Å²) in [6.45, 7) is 1.60. The summed E-state index contributed by atoms with van der Waals surface area (Å²) in [6, 6.07) is 5.22. The van der Waals surface area contributed by atoms with Crippen LogP contribution in [-0.2, 0) is 13.0 Å². The molecular weight excluding hydrogens is 445 g/mol. The Bertz CT molecular complexity index is 1160. The predicted octanol–water partition coefficient (Wildman–Crippen LogP) is 4.71. The molecule has 1 aliphatic rings. The molecule has 0 unspecified atom stereocenters. The first-order valence-corrected chi connectivity index (χ1v) is 10.2. The van der Waals surface area contributed by atoms with Gasteiger partial charge in [-0.1, -0.05) is 31.2 Å². The van der Waals surface area contributed by atoms with Gasteiger partial charge in [0.25, 0.3) is 5.91 Å². The standard InChI is InChI=1S/C22H20F5N5O/c1-2-12-3-5-13(6-4-12)17-8-19(22(25,26)27)32-20(31-17)15(10-30-32)21(33)29-11-18-16(24)7-14(23)9-28-18/h3-7,9-10,17,19,31H,2,8,11H2,1H3,(H,29,33)/t17-,19+/m0/s1. The van der Waals surface area contributed by atoms with Crippen molar-refractivity contribution in [2.75, 3.05) is 5.32 Å². The van der Waals surface area contributed by atoms with Crippen molar-refractivity contribution >= 4 is 11.7 Å². The summed E-state index contributed by atoms with van der Waals surface area (Å²) in [4.78, 5) is 16.3. The molecule has 1 aliphatic heterocycles. The molecule has 0 spiro atoms. The molecule has 0 saturated heterocycles. The lowest BCUT2D eigenvalue weighted by Gasteiger charge is -2.34. The van der Waals surface area contributed by atoms with Crippen LogP contribution in [0.3, 0.4) is 0 Å². The van der Waals surface area contributed by atoms with E-state index in [2.05, 4.69) is 20.7 Å². The van der Waals surface area contributed by atoms with Crippen molar-refractivity contribution in [1.29, 1.82) is 0 Å². The number of nitrogens with one attached hydrogen (secondary N) is 2. The first-order valence-electron chi connectivity index (χ1n) is 10.2. The minimum Gasteiger partial charge on any atom is -0.363 e. The van der Waals surface area contributed by atoms with Crippen molar-refractivity contribution in [3.05, 3.63) is 76.7 Å². The number of amides is 1. The molecule has 0 aliphatic carbocycles. The molecule has 2 aromatic heterocycles. The van der Waals surface area contributed by atoms with Crippen LogP contribution in [0.15, 0.2) is 42.7 Å². The van der Waals surface area contributed by atoms with Gasteiger partial charge in [-0.25, -0.2) is 13.5 Å². The number of fused-ring (bicyclic) bond motifs is 1. The van der Waals surface area contributed by atoms with E-state index >= 15 is 0 Å². The smallest absolute Gasteiger partial charge is 0.363 e. The third-order valence-corrected chi connectivity index (χ3v) is 5.57. The van der Waals surface area contributed by atoms with Gasteiger partial charge in [-0.3, -0.25) is 9.78 Å². The summed E-state index contributed by atoms with van der Waals surface area (Å²) < 4.78 is 69.0. The van der Waals surface area contributed by atoms with Crippen LogP contribution in [0, 0.1) is 11.6 Å². The molecule has 2 N–H and O–H groups in total. The van der Waals surface area contributed by atoms with E-state index in [0.717, 1.165) is 29.1 Å². The molecule has 1 amide bonds. The molecule has 0 saturated carbocycles. The van der Waals surface area contributed by atoms with Crippen LogP contribution in [0.1, 0.15) is 52.6 Å². The summed E-state index contributed by atoms with van der Waals surface area (Å²) in [5.74, 6) is -2.66. The average molecular weight is 465 g/mol. The Morgan fingerprint density at radius 2 is 1.94 bits per heavy atom. The predicted molar refractivity (Wildman–Crippen MR) is 109 cm³/mol. The molecule has 0 bridgehead atoms. The lowest BCUT2D eigenvalue weighted by Crippen LogP contribution is -2.36. The van der Waals surface area contributed by atoms with Gasteiger partial charge < -0.3 is 10.6 Å². The van der Waals surface area contributed by atoms with E-state index in [0.29, 0.717) is 11.6 Å². The fourth-order valence-corrected chi connectivity index (χ4v) is 3.77. The quantitative estimate of drug-likeness (QED) is 0.536. The highest BCUT2D eigenvalue weighted by molar-refractivity contribution is 5.98. The van der Waals surface area contributed by atoms with Gasteiger partial charge in [-0.15, -0.1) is 0 Å². The van der Waals surface area contributed by atoms with E-state index in [1.165, 1.54) is 0 Å². The van der Waals surface area contributed by atoms with E-state index in [-0.39, 0.29) is 30.0 Å². The van der Waals surface area contributed by atoms with Gasteiger partial charge in [0.15, 0.2) is 6.04 Å². The number of nitrogens with zero attached hydrogens (tertiary/aromatic N) is 3. The Morgan fingerprint density at radius 1 is 1.21 bits per heavy atom. The Kier molecular flexibility index (Phi) is 6.05. The van der Waals surface area contributed by atoms with Gasteiger partial charge in [-0.05, 0) is 17.5 Å². The van der Waals surface area contributed by atoms with Crippen LogP contribution in [0.25, 0.3) is 0 Å². The van der Waals surface area contributed by atoms with Gasteiger partial charge in [0.05, 0.1) is 30.7 Å². The second kappa shape index (κ2) is 8.80. The summed E-state index contributed by atoms with van der Waals surface area (Å²) in [6.07, 6.45) is -2.25. The SMILES string of the molecule is CCc1ccc([C@@H]2C[C@H](C(F)(F)F)n3ncc(C(=O)NCc4ncc(F)cc4F)c3N2)cc1. The van der Waals surface area contributed by atoms with Crippen LogP contribution >= 0.6 is 0 Å². The molecule has 33 heavy (non-hydrogen) atoms. The Labute approximate surface area is 185 Å². The zero-order valence-electron chi connectivity index (χ0n) is 17.5. The van der Waals surface area contributed by atoms with Crippen LogP contribution in [0.4, 0.5) is 27.8 Å². The third-order valence-electron chi connectivity index (χ3n) is 5.57. The van der Waals surface area contributed by atoms with Crippen LogP contribution < -0.4 is 10.6 Å². The number of carbonyl (C=O) groups excluding carboxylic acids is 1. The molecule has 11 heteroatoms. The van der Waals surface area contributed by atoms with Gasteiger partial charge in [0.2, 0.25) is 0 Å². The maximum atomic E-state index is 13.8. The highest BCUT2D eigenvalue weighted by Crippen LogP contribution is 2.44. The zero-order valence-corrected chi connectivity index (χ0v) is 17.5. The number of pyridine rings is 1. The summed E-state index contributed by atoms with van der Waals surface area (Å²) in [5, 5.41) is 9.20. The van der Waals surface area contributed by atoms with Crippen molar-refractivity contribution in [3.8, 4) is 0 Å². The molecule has 6 nitrogen and oxygen atoms in total. The first-order chi connectivity index (χ1) is 15.7. The van der Waals surface area contributed by atoms with Crippen LogP contribution in [0.5, 0.6) is 0 Å². The maximum absolute atomic E-state index is 13.8. The molecule has 4 rings (SSSR count). The second-order valence-corrected chi connectivity index (χ2v) is 7.70. The van der Waals surface area contributed by atoms with Gasteiger partial charge >= 0.3 is 6.18 Å². The van der Waals surface area contributed by atoms with Crippen molar-refractivity contribution in [2.24, 2.45) is 0 Å². The molecule has 3 aromatic rings. The zero-order chi connectivity index (χ0) is 23.8. The lowest BCUT2D eigenvalue weighted by atomic mass is 9.95. The number of aryl methyl sites for hydroxylation is 1. The summed E-state index contributed by atoms with van der Waals surface area (Å²) in [5.41, 5.74) is 1.37. The van der Waals surface area contributed by atoms with Crippen molar-refractivity contribution in [1.82, 2.24) is 20.1 Å². The number of halogens is 5. The number of alkyl halides is 3. The largest absolute Gasteiger partial charge is 0.410 e. The number of carbonyl (C=O) groups is 1. The molecule has 1 aromatic carbocycles. The maximum Gasteiger partial charge on any atom is 0.410 e. The lowest BCUT2D eigenvalue weighted by molar-refractivity contribution is -0.173. The van der Waals surface area contributed by atoms with Gasteiger partial charge in [0.1, 0.15) is 23.0 Å². The Morgan fingerprint density at radius 3 is 2.58 bits per heavy atom. The highest BCUT2D eigenvalue weighted by Gasteiger charge is 2.47. The Hall–Kier alpha value is -3.50. The number of anilines is 1.